The summed E-state index contributed by atoms with van der Waals surface area (Å²) in [6.07, 6.45) is 2.39. The molecule has 0 aliphatic heterocycles. The summed E-state index contributed by atoms with van der Waals surface area (Å²) in [6, 6.07) is 8.18. The zero-order chi connectivity index (χ0) is 16.2. The van der Waals surface area contributed by atoms with E-state index in [2.05, 4.69) is 27.8 Å². The quantitative estimate of drug-likeness (QED) is 0.395. The lowest BCUT2D eigenvalue weighted by Crippen LogP contribution is -2.47. The molecular formula is C17H27ClIN3O. The van der Waals surface area contributed by atoms with Crippen LogP contribution in [0.2, 0.25) is 5.02 Å². The molecule has 0 atom stereocenters. The Labute approximate surface area is 161 Å². The topological polar surface area (TPSA) is 45.7 Å². The maximum absolute atomic E-state index is 5.97. The lowest BCUT2D eigenvalue weighted by molar-refractivity contribution is 0.0268. The molecule has 0 saturated heterocycles. The normalized spacial score (nSPS) is 16.5. The van der Waals surface area contributed by atoms with Crippen molar-refractivity contribution in [1.29, 1.82) is 0 Å². The Bertz CT molecular complexity index is 527. The summed E-state index contributed by atoms with van der Waals surface area (Å²) in [5.41, 5.74) is 1.35. The molecular weight excluding hydrogens is 425 g/mol. The van der Waals surface area contributed by atoms with Crippen LogP contribution >= 0.6 is 35.6 Å². The van der Waals surface area contributed by atoms with Gasteiger partial charge in [-0.15, -0.1) is 24.0 Å². The van der Waals surface area contributed by atoms with Gasteiger partial charge in [0.25, 0.3) is 0 Å². The highest BCUT2D eigenvalue weighted by atomic mass is 127. The van der Waals surface area contributed by atoms with Crippen molar-refractivity contribution in [2.24, 2.45) is 4.99 Å². The molecule has 1 aromatic carbocycles. The third-order valence-corrected chi connectivity index (χ3v) is 4.61. The zero-order valence-corrected chi connectivity index (χ0v) is 17.4. The zero-order valence-electron chi connectivity index (χ0n) is 14.3. The van der Waals surface area contributed by atoms with Gasteiger partial charge in [-0.1, -0.05) is 23.7 Å². The lowest BCUT2D eigenvalue weighted by atomic mass is 9.96. The van der Waals surface area contributed by atoms with E-state index in [1.54, 1.807) is 14.2 Å². The second-order valence-corrected chi connectivity index (χ2v) is 6.97. The molecule has 1 aromatic rings. The van der Waals surface area contributed by atoms with Crippen LogP contribution in [0.15, 0.2) is 29.3 Å². The van der Waals surface area contributed by atoms with Gasteiger partial charge in [-0.05, 0) is 44.4 Å². The van der Waals surface area contributed by atoms with Gasteiger partial charge in [0.15, 0.2) is 5.96 Å². The van der Waals surface area contributed by atoms with Crippen LogP contribution in [-0.2, 0) is 10.2 Å². The van der Waals surface area contributed by atoms with Gasteiger partial charge in [-0.3, -0.25) is 4.99 Å². The maximum Gasteiger partial charge on any atom is 0.191 e. The fourth-order valence-corrected chi connectivity index (χ4v) is 2.49. The predicted molar refractivity (Wildman–Crippen MR) is 108 cm³/mol. The Morgan fingerprint density at radius 1 is 1.26 bits per heavy atom. The molecule has 0 unspecified atom stereocenters. The second-order valence-electron chi connectivity index (χ2n) is 6.53. The number of halogens is 2. The average Bonchev–Trinajstić information content (AvgIpc) is 3.29. The Hall–Kier alpha value is -0.530. The Balaban J connectivity index is 0.00000264. The largest absolute Gasteiger partial charge is 0.377 e. The average molecular weight is 452 g/mol. The minimum absolute atomic E-state index is 0. The Morgan fingerprint density at radius 2 is 1.87 bits per heavy atom. The first-order valence-corrected chi connectivity index (χ1v) is 8.04. The van der Waals surface area contributed by atoms with Crippen LogP contribution in [0.3, 0.4) is 0 Å². The monoisotopic (exact) mass is 451 g/mol. The van der Waals surface area contributed by atoms with E-state index in [1.165, 1.54) is 18.4 Å². The number of ether oxygens (including phenoxy) is 1. The van der Waals surface area contributed by atoms with E-state index < -0.39 is 0 Å². The molecule has 1 saturated carbocycles. The van der Waals surface area contributed by atoms with E-state index in [-0.39, 0.29) is 35.0 Å². The van der Waals surface area contributed by atoms with Crippen molar-refractivity contribution in [1.82, 2.24) is 10.6 Å². The fourth-order valence-electron chi connectivity index (χ4n) is 2.36. The van der Waals surface area contributed by atoms with E-state index in [4.69, 9.17) is 16.3 Å². The highest BCUT2D eigenvalue weighted by Gasteiger charge is 2.44. The number of aliphatic imine (C=N–C) groups is 1. The first-order valence-electron chi connectivity index (χ1n) is 7.66. The molecule has 2 N–H and O–H groups in total. The summed E-state index contributed by atoms with van der Waals surface area (Å²) in [6.45, 7) is 5.67. The second kappa shape index (κ2) is 8.53. The Morgan fingerprint density at radius 3 is 2.35 bits per heavy atom. The van der Waals surface area contributed by atoms with Crippen molar-refractivity contribution >= 4 is 41.5 Å². The van der Waals surface area contributed by atoms with E-state index >= 15 is 0 Å². The van der Waals surface area contributed by atoms with Crippen molar-refractivity contribution < 1.29 is 4.74 Å². The van der Waals surface area contributed by atoms with Gasteiger partial charge in [-0.25, -0.2) is 0 Å². The van der Waals surface area contributed by atoms with E-state index in [0.29, 0.717) is 6.54 Å². The summed E-state index contributed by atoms with van der Waals surface area (Å²) in [4.78, 5) is 4.28. The number of hydrogen-bond acceptors (Lipinski definition) is 2. The molecule has 0 bridgehead atoms. The molecule has 23 heavy (non-hydrogen) atoms. The Kier molecular flexibility index (Phi) is 7.61. The van der Waals surface area contributed by atoms with Crippen molar-refractivity contribution in [2.75, 3.05) is 27.2 Å². The molecule has 1 aliphatic rings. The van der Waals surface area contributed by atoms with Crippen LogP contribution in [0.25, 0.3) is 0 Å². The van der Waals surface area contributed by atoms with Gasteiger partial charge in [0, 0.05) is 37.7 Å². The molecule has 2 rings (SSSR count). The molecule has 0 amide bonds. The minimum atomic E-state index is -0.217. The van der Waals surface area contributed by atoms with Crippen LogP contribution in [0, 0.1) is 0 Å². The molecule has 0 spiro atoms. The van der Waals surface area contributed by atoms with Crippen LogP contribution in [0.4, 0.5) is 0 Å². The van der Waals surface area contributed by atoms with Crippen LogP contribution in [0.5, 0.6) is 0 Å². The summed E-state index contributed by atoms with van der Waals surface area (Å²) in [5, 5.41) is 7.53. The van der Waals surface area contributed by atoms with Gasteiger partial charge < -0.3 is 15.4 Å². The smallest absolute Gasteiger partial charge is 0.191 e. The number of methoxy groups -OCH3 is 1. The SMILES string of the molecule is CN=C(NCC(C)(C)OC)NCC1(c2ccc(Cl)cc2)CC1.I. The van der Waals surface area contributed by atoms with Gasteiger partial charge in [-0.2, -0.15) is 0 Å². The maximum atomic E-state index is 5.97. The standard InChI is InChI=1S/C17H26ClN3O.HI/c1-16(2,22-4)11-20-15(19-3)21-12-17(9-10-17)13-5-7-14(18)8-6-13;/h5-8H,9-12H2,1-4H3,(H2,19,20,21);1H. The number of hydrogen-bond donors (Lipinski definition) is 2. The molecule has 1 fully saturated rings. The number of rotatable bonds is 6. The van der Waals surface area contributed by atoms with Crippen molar-refractivity contribution in [3.63, 3.8) is 0 Å². The van der Waals surface area contributed by atoms with Crippen molar-refractivity contribution in [2.45, 2.75) is 37.7 Å². The van der Waals surface area contributed by atoms with Crippen LogP contribution in [-0.4, -0.2) is 38.8 Å². The molecule has 130 valence electrons. The van der Waals surface area contributed by atoms with E-state index in [9.17, 15) is 0 Å². The fraction of sp³-hybridized carbons (Fsp3) is 0.588. The first kappa shape index (κ1) is 20.5. The molecule has 6 heteroatoms. The third-order valence-electron chi connectivity index (χ3n) is 4.36. The highest BCUT2D eigenvalue weighted by Crippen LogP contribution is 2.47. The van der Waals surface area contributed by atoms with Gasteiger partial charge in [0.1, 0.15) is 0 Å². The number of guanidine groups is 1. The van der Waals surface area contributed by atoms with Crippen LogP contribution < -0.4 is 10.6 Å². The summed E-state index contributed by atoms with van der Waals surface area (Å²) in [5.74, 6) is 0.811. The first-order chi connectivity index (χ1) is 10.4. The number of nitrogens with one attached hydrogen (secondary N) is 2. The number of benzene rings is 1. The van der Waals surface area contributed by atoms with Crippen molar-refractivity contribution in [3.8, 4) is 0 Å². The highest BCUT2D eigenvalue weighted by molar-refractivity contribution is 14.0. The molecule has 0 heterocycles. The molecule has 1 aliphatic carbocycles. The van der Waals surface area contributed by atoms with Gasteiger partial charge in [0.05, 0.1) is 5.60 Å². The summed E-state index contributed by atoms with van der Waals surface area (Å²) < 4.78 is 5.41. The van der Waals surface area contributed by atoms with E-state index in [1.807, 2.05) is 26.0 Å². The molecule has 0 aromatic heterocycles. The summed E-state index contributed by atoms with van der Waals surface area (Å²) in [7, 11) is 3.51. The number of nitrogens with zero attached hydrogens (tertiary/aromatic N) is 1. The molecule has 0 radical (unpaired) electrons. The predicted octanol–water partition coefficient (Wildman–Crippen LogP) is 3.58. The van der Waals surface area contributed by atoms with Gasteiger partial charge in [0.2, 0.25) is 0 Å². The summed E-state index contributed by atoms with van der Waals surface area (Å²) >= 11 is 5.97. The third kappa shape index (κ3) is 5.80. The van der Waals surface area contributed by atoms with Crippen molar-refractivity contribution in [3.05, 3.63) is 34.9 Å². The lowest BCUT2D eigenvalue weighted by Gasteiger charge is -2.25. The minimum Gasteiger partial charge on any atom is -0.377 e. The van der Waals surface area contributed by atoms with E-state index in [0.717, 1.165) is 17.5 Å². The van der Waals surface area contributed by atoms with Gasteiger partial charge >= 0.3 is 0 Å². The van der Waals surface area contributed by atoms with Crippen LogP contribution in [0.1, 0.15) is 32.3 Å². The molecule has 4 nitrogen and oxygen atoms in total.